The summed E-state index contributed by atoms with van der Waals surface area (Å²) in [4.78, 5) is 34.4. The Balaban J connectivity index is 3.59. The van der Waals surface area contributed by atoms with E-state index in [-0.39, 0.29) is 12.1 Å². The lowest BCUT2D eigenvalue weighted by atomic mass is 10.2. The highest BCUT2D eigenvalue weighted by molar-refractivity contribution is 5.74. The molecular formula is C20H42N5O4+. The zero-order chi connectivity index (χ0) is 22.1. The number of likely N-dealkylation sites (N-methyl/N-ethyl adjacent to an activating group) is 1. The number of rotatable bonds is 16. The van der Waals surface area contributed by atoms with Crippen LogP contribution in [0.25, 0.3) is 0 Å². The molecule has 5 N–H and O–H groups in total. The summed E-state index contributed by atoms with van der Waals surface area (Å²) >= 11 is 0. The largest absolute Gasteiger partial charge is 0.477 e. The summed E-state index contributed by atoms with van der Waals surface area (Å²) in [5.41, 5.74) is 0. The van der Waals surface area contributed by atoms with E-state index in [4.69, 9.17) is 5.11 Å². The average molecular weight is 417 g/mol. The Labute approximate surface area is 175 Å². The second-order valence-corrected chi connectivity index (χ2v) is 8.00. The van der Waals surface area contributed by atoms with E-state index in [9.17, 15) is 14.4 Å². The van der Waals surface area contributed by atoms with Crippen LogP contribution in [-0.2, 0) is 4.79 Å². The zero-order valence-electron chi connectivity index (χ0n) is 18.7. The molecule has 0 saturated carbocycles. The molecule has 170 valence electrons. The Morgan fingerprint density at radius 3 is 1.59 bits per heavy atom. The SMILES string of the molecule is CCCCCCNC(=O)NCCCCNC(=O)NCCC[N+](C)(C)C(C)C(=O)O. The fourth-order valence-electron chi connectivity index (χ4n) is 2.71. The first-order chi connectivity index (χ1) is 13.7. The predicted octanol–water partition coefficient (Wildman–Crippen LogP) is 1.88. The van der Waals surface area contributed by atoms with Gasteiger partial charge in [-0.3, -0.25) is 0 Å². The van der Waals surface area contributed by atoms with Crippen molar-refractivity contribution in [1.82, 2.24) is 21.3 Å². The Morgan fingerprint density at radius 2 is 1.17 bits per heavy atom. The standard InChI is InChI=1S/C20H41N5O4/c1-5-6-7-8-12-21-19(28)22-13-9-10-14-23-20(29)24-15-11-16-25(3,4)17(2)18(26)27/h17H,5-16H2,1-4H3,(H4-,21,22,23,24,26,27,28,29)/p+1. The normalized spacial score (nSPS) is 12.1. The minimum atomic E-state index is -0.820. The highest BCUT2D eigenvalue weighted by Crippen LogP contribution is 2.07. The van der Waals surface area contributed by atoms with Crippen molar-refractivity contribution in [2.45, 2.75) is 64.8 Å². The molecule has 9 heteroatoms. The van der Waals surface area contributed by atoms with Crippen molar-refractivity contribution in [3.05, 3.63) is 0 Å². The van der Waals surface area contributed by atoms with E-state index in [1.54, 1.807) is 6.92 Å². The van der Waals surface area contributed by atoms with Gasteiger partial charge >= 0.3 is 18.0 Å². The number of unbranched alkanes of at least 4 members (excludes halogenated alkanes) is 4. The molecule has 0 aliphatic carbocycles. The smallest absolute Gasteiger partial charge is 0.362 e. The summed E-state index contributed by atoms with van der Waals surface area (Å²) in [6.45, 7) is 6.85. The van der Waals surface area contributed by atoms with Gasteiger partial charge in [-0.2, -0.15) is 0 Å². The van der Waals surface area contributed by atoms with Crippen LogP contribution in [0, 0.1) is 0 Å². The Morgan fingerprint density at radius 1 is 0.759 bits per heavy atom. The molecule has 0 heterocycles. The second-order valence-electron chi connectivity index (χ2n) is 8.00. The Kier molecular flexibility index (Phi) is 14.7. The van der Waals surface area contributed by atoms with E-state index in [1.165, 1.54) is 12.8 Å². The van der Waals surface area contributed by atoms with E-state index < -0.39 is 12.0 Å². The lowest BCUT2D eigenvalue weighted by Gasteiger charge is -2.33. The number of hydrogen-bond acceptors (Lipinski definition) is 3. The number of carboxylic acids is 1. The number of quaternary nitrogens is 1. The average Bonchev–Trinajstić information content (AvgIpc) is 2.67. The second kappa shape index (κ2) is 15.8. The molecule has 0 saturated heterocycles. The maximum absolute atomic E-state index is 11.7. The van der Waals surface area contributed by atoms with Crippen LogP contribution in [-0.4, -0.2) is 80.5 Å². The Bertz CT molecular complexity index is 485. The summed E-state index contributed by atoms with van der Waals surface area (Å²) in [6.07, 6.45) is 6.81. The van der Waals surface area contributed by atoms with Gasteiger partial charge < -0.3 is 30.9 Å². The first kappa shape index (κ1) is 27.0. The van der Waals surface area contributed by atoms with Crippen molar-refractivity contribution in [3.8, 4) is 0 Å². The number of hydrogen-bond donors (Lipinski definition) is 5. The maximum atomic E-state index is 11.7. The number of carbonyl (C=O) groups excluding carboxylic acids is 2. The van der Waals surface area contributed by atoms with Gasteiger partial charge in [0, 0.05) is 32.6 Å². The van der Waals surface area contributed by atoms with E-state index in [1.807, 2.05) is 14.1 Å². The number of urea groups is 2. The molecule has 0 aromatic heterocycles. The molecule has 4 amide bonds. The number of aliphatic carboxylic acids is 1. The van der Waals surface area contributed by atoms with Crippen LogP contribution in [0.4, 0.5) is 9.59 Å². The quantitative estimate of drug-likeness (QED) is 0.195. The molecule has 29 heavy (non-hydrogen) atoms. The van der Waals surface area contributed by atoms with Crippen molar-refractivity contribution >= 4 is 18.0 Å². The van der Waals surface area contributed by atoms with Crippen molar-refractivity contribution in [2.75, 3.05) is 46.8 Å². The van der Waals surface area contributed by atoms with Crippen LogP contribution >= 0.6 is 0 Å². The lowest BCUT2D eigenvalue weighted by molar-refractivity contribution is -0.904. The van der Waals surface area contributed by atoms with Crippen LogP contribution in [0.15, 0.2) is 0 Å². The van der Waals surface area contributed by atoms with Crippen LogP contribution < -0.4 is 21.3 Å². The summed E-state index contributed by atoms with van der Waals surface area (Å²) < 4.78 is 0.373. The minimum Gasteiger partial charge on any atom is -0.477 e. The molecular weight excluding hydrogens is 374 g/mol. The number of carboxylic acid groups (broad SMARTS) is 1. The van der Waals surface area contributed by atoms with Gasteiger partial charge in [0.05, 0.1) is 20.6 Å². The summed E-state index contributed by atoms with van der Waals surface area (Å²) in [5.74, 6) is -0.820. The van der Waals surface area contributed by atoms with Gasteiger partial charge in [-0.05, 0) is 26.2 Å². The molecule has 0 aromatic carbocycles. The van der Waals surface area contributed by atoms with Crippen LogP contribution in [0.3, 0.4) is 0 Å². The van der Waals surface area contributed by atoms with Gasteiger partial charge in [-0.25, -0.2) is 14.4 Å². The predicted molar refractivity (Wildman–Crippen MR) is 115 cm³/mol. The van der Waals surface area contributed by atoms with E-state index in [0.29, 0.717) is 43.6 Å². The molecule has 0 spiro atoms. The molecule has 0 aliphatic heterocycles. The molecule has 0 fully saturated rings. The molecule has 1 unspecified atom stereocenters. The third-order valence-electron chi connectivity index (χ3n) is 5.09. The molecule has 9 nitrogen and oxygen atoms in total. The third kappa shape index (κ3) is 14.6. The summed E-state index contributed by atoms with van der Waals surface area (Å²) in [5, 5.41) is 20.3. The highest BCUT2D eigenvalue weighted by Gasteiger charge is 2.29. The van der Waals surface area contributed by atoms with Crippen molar-refractivity contribution in [3.63, 3.8) is 0 Å². The van der Waals surface area contributed by atoms with Crippen LogP contribution in [0.5, 0.6) is 0 Å². The van der Waals surface area contributed by atoms with Gasteiger partial charge in [-0.1, -0.05) is 26.2 Å². The zero-order valence-corrected chi connectivity index (χ0v) is 18.7. The topological polar surface area (TPSA) is 120 Å². The molecule has 0 bridgehead atoms. The fourth-order valence-corrected chi connectivity index (χ4v) is 2.71. The number of amides is 4. The highest BCUT2D eigenvalue weighted by atomic mass is 16.4. The van der Waals surface area contributed by atoms with Crippen molar-refractivity contribution in [1.29, 1.82) is 0 Å². The number of carbonyl (C=O) groups is 3. The molecule has 0 aliphatic rings. The number of nitrogens with zero attached hydrogens (tertiary/aromatic N) is 1. The molecule has 0 rings (SSSR count). The molecule has 0 radical (unpaired) electrons. The Hall–Kier alpha value is -2.03. The third-order valence-corrected chi connectivity index (χ3v) is 5.09. The molecule has 1 atom stereocenters. The van der Waals surface area contributed by atoms with Crippen molar-refractivity contribution < 1.29 is 24.0 Å². The molecule has 0 aromatic rings. The van der Waals surface area contributed by atoms with Crippen LogP contribution in [0.1, 0.15) is 58.8 Å². The van der Waals surface area contributed by atoms with E-state index in [2.05, 4.69) is 28.2 Å². The van der Waals surface area contributed by atoms with Crippen LogP contribution in [0.2, 0.25) is 0 Å². The first-order valence-electron chi connectivity index (χ1n) is 10.8. The van der Waals surface area contributed by atoms with Gasteiger partial charge in [-0.15, -0.1) is 0 Å². The number of nitrogens with one attached hydrogen (secondary N) is 4. The van der Waals surface area contributed by atoms with E-state index in [0.717, 1.165) is 25.7 Å². The summed E-state index contributed by atoms with van der Waals surface area (Å²) in [6, 6.07) is -0.842. The van der Waals surface area contributed by atoms with Gasteiger partial charge in [0.15, 0.2) is 6.04 Å². The van der Waals surface area contributed by atoms with Crippen molar-refractivity contribution in [2.24, 2.45) is 0 Å². The van der Waals surface area contributed by atoms with Gasteiger partial charge in [0.25, 0.3) is 0 Å². The van der Waals surface area contributed by atoms with Gasteiger partial charge in [0.2, 0.25) is 0 Å². The lowest BCUT2D eigenvalue weighted by Crippen LogP contribution is -2.52. The monoisotopic (exact) mass is 416 g/mol. The first-order valence-corrected chi connectivity index (χ1v) is 10.8. The summed E-state index contributed by atoms with van der Waals surface area (Å²) in [7, 11) is 3.75. The van der Waals surface area contributed by atoms with Gasteiger partial charge in [0.1, 0.15) is 0 Å². The van der Waals surface area contributed by atoms with E-state index >= 15 is 0 Å². The fraction of sp³-hybridized carbons (Fsp3) is 0.850. The maximum Gasteiger partial charge on any atom is 0.362 e. The minimum absolute atomic E-state index is 0.134.